The molecule has 1 aromatic heterocycles. The Hall–Kier alpha value is -2.87. The highest BCUT2D eigenvalue weighted by molar-refractivity contribution is 6.01. The number of carbonyl (C=O) groups excluding carboxylic acids is 1. The molecule has 1 amide bonds. The third kappa shape index (κ3) is 3.30. The van der Waals surface area contributed by atoms with Gasteiger partial charge in [-0.2, -0.15) is 10.4 Å². The van der Waals surface area contributed by atoms with E-state index in [1.54, 1.807) is 36.5 Å². The topological polar surface area (TPSA) is 81.6 Å². The molecule has 0 bridgehead atoms. The second-order valence-corrected chi connectivity index (χ2v) is 3.98. The lowest BCUT2D eigenvalue weighted by atomic mass is 10.1. The van der Waals surface area contributed by atoms with Crippen LogP contribution in [0.3, 0.4) is 0 Å². The third-order valence-electron chi connectivity index (χ3n) is 2.54. The number of nitriles is 1. The van der Waals surface area contributed by atoms with Gasteiger partial charge in [0.2, 0.25) is 5.91 Å². The molecule has 0 aliphatic rings. The monoisotopic (exact) mass is 252 g/mol. The zero-order chi connectivity index (χ0) is 13.7. The van der Waals surface area contributed by atoms with Crippen molar-refractivity contribution in [1.82, 2.24) is 10.2 Å². The van der Waals surface area contributed by atoms with Gasteiger partial charge < -0.3 is 5.32 Å². The number of benzene rings is 1. The number of rotatable bonds is 3. The lowest BCUT2D eigenvalue weighted by Gasteiger charge is -1.99. The van der Waals surface area contributed by atoms with Gasteiger partial charge in [0, 0.05) is 11.6 Å². The Labute approximate surface area is 110 Å². The fourth-order valence-corrected chi connectivity index (χ4v) is 1.48. The molecule has 0 aliphatic heterocycles. The third-order valence-corrected chi connectivity index (χ3v) is 2.54. The second-order valence-electron chi connectivity index (χ2n) is 3.98. The largest absolute Gasteiger partial charge is 0.307 e. The Morgan fingerprint density at radius 3 is 2.74 bits per heavy atom. The number of aryl methyl sites for hydroxylation is 1. The predicted octanol–water partition coefficient (Wildman–Crippen LogP) is 2.24. The maximum atomic E-state index is 11.7. The first-order valence-electron chi connectivity index (χ1n) is 5.68. The van der Waals surface area contributed by atoms with Crippen LogP contribution in [-0.2, 0) is 4.79 Å². The van der Waals surface area contributed by atoms with E-state index in [0.717, 1.165) is 11.1 Å². The summed E-state index contributed by atoms with van der Waals surface area (Å²) in [7, 11) is 0. The Kier molecular flexibility index (Phi) is 3.74. The summed E-state index contributed by atoms with van der Waals surface area (Å²) in [5, 5.41) is 17.9. The van der Waals surface area contributed by atoms with Crippen LogP contribution >= 0.6 is 0 Å². The molecule has 0 saturated heterocycles. The van der Waals surface area contributed by atoms with E-state index in [0.29, 0.717) is 11.4 Å². The van der Waals surface area contributed by atoms with E-state index in [-0.39, 0.29) is 5.91 Å². The number of aromatic amines is 1. The Morgan fingerprint density at radius 2 is 2.16 bits per heavy atom. The van der Waals surface area contributed by atoms with Crippen molar-refractivity contribution in [3.8, 4) is 6.07 Å². The molecule has 1 aromatic carbocycles. The fourth-order valence-electron chi connectivity index (χ4n) is 1.48. The molecule has 19 heavy (non-hydrogen) atoms. The SMILES string of the molecule is Cc1cn[nH]c1NC(=O)/C=C/c1ccc(C#N)cc1. The summed E-state index contributed by atoms with van der Waals surface area (Å²) in [5.41, 5.74) is 2.32. The van der Waals surface area contributed by atoms with Gasteiger partial charge in [0.15, 0.2) is 0 Å². The minimum atomic E-state index is -0.239. The Morgan fingerprint density at radius 1 is 1.42 bits per heavy atom. The van der Waals surface area contributed by atoms with E-state index >= 15 is 0 Å². The van der Waals surface area contributed by atoms with Gasteiger partial charge in [-0.25, -0.2) is 0 Å². The Bertz CT molecular complexity index is 647. The quantitative estimate of drug-likeness (QED) is 0.822. The van der Waals surface area contributed by atoms with Gasteiger partial charge in [0.25, 0.3) is 0 Å². The molecule has 0 atom stereocenters. The molecule has 94 valence electrons. The van der Waals surface area contributed by atoms with Gasteiger partial charge in [-0.05, 0) is 30.7 Å². The molecule has 0 saturated carbocycles. The highest BCUT2D eigenvalue weighted by atomic mass is 16.1. The van der Waals surface area contributed by atoms with E-state index in [1.807, 2.05) is 13.0 Å². The van der Waals surface area contributed by atoms with Gasteiger partial charge in [-0.15, -0.1) is 0 Å². The smallest absolute Gasteiger partial charge is 0.249 e. The Balaban J connectivity index is 2.00. The van der Waals surface area contributed by atoms with Crippen molar-refractivity contribution < 1.29 is 4.79 Å². The number of hydrogen-bond acceptors (Lipinski definition) is 3. The summed E-state index contributed by atoms with van der Waals surface area (Å²) < 4.78 is 0. The number of aromatic nitrogens is 2. The highest BCUT2D eigenvalue weighted by Gasteiger charge is 2.02. The van der Waals surface area contributed by atoms with Crippen molar-refractivity contribution in [1.29, 1.82) is 5.26 Å². The van der Waals surface area contributed by atoms with Gasteiger partial charge in [0.05, 0.1) is 17.8 Å². The van der Waals surface area contributed by atoms with Crippen molar-refractivity contribution in [2.24, 2.45) is 0 Å². The molecule has 2 rings (SSSR count). The van der Waals surface area contributed by atoms with E-state index in [9.17, 15) is 4.79 Å². The summed E-state index contributed by atoms with van der Waals surface area (Å²) in [6.45, 7) is 1.85. The van der Waals surface area contributed by atoms with E-state index < -0.39 is 0 Å². The summed E-state index contributed by atoms with van der Waals surface area (Å²) in [6, 6.07) is 9.01. The van der Waals surface area contributed by atoms with Crippen LogP contribution in [0.2, 0.25) is 0 Å². The van der Waals surface area contributed by atoms with E-state index in [4.69, 9.17) is 5.26 Å². The average Bonchev–Trinajstić information content (AvgIpc) is 2.82. The molecule has 0 radical (unpaired) electrons. The van der Waals surface area contributed by atoms with Crippen LogP contribution < -0.4 is 5.32 Å². The number of hydrogen-bond donors (Lipinski definition) is 2. The van der Waals surface area contributed by atoms with E-state index in [2.05, 4.69) is 15.5 Å². The highest BCUT2D eigenvalue weighted by Crippen LogP contribution is 2.09. The molecule has 5 heteroatoms. The molecule has 1 heterocycles. The molecular weight excluding hydrogens is 240 g/mol. The molecule has 2 N–H and O–H groups in total. The van der Waals surface area contributed by atoms with Gasteiger partial charge in [-0.3, -0.25) is 9.89 Å². The maximum Gasteiger partial charge on any atom is 0.249 e. The standard InChI is InChI=1S/C14H12N4O/c1-10-9-16-18-14(10)17-13(19)7-6-11-2-4-12(8-15)5-3-11/h2-7,9H,1H3,(H2,16,17,18,19)/b7-6+. The lowest BCUT2D eigenvalue weighted by Crippen LogP contribution is -2.08. The first-order chi connectivity index (χ1) is 9.19. The number of anilines is 1. The maximum absolute atomic E-state index is 11.7. The lowest BCUT2D eigenvalue weighted by molar-refractivity contribution is -0.111. The van der Waals surface area contributed by atoms with Crippen LogP contribution in [0, 0.1) is 18.3 Å². The van der Waals surface area contributed by atoms with Crippen LogP contribution in [0.1, 0.15) is 16.7 Å². The molecule has 2 aromatic rings. The van der Waals surface area contributed by atoms with Crippen molar-refractivity contribution in [2.75, 3.05) is 5.32 Å². The van der Waals surface area contributed by atoms with Crippen LogP contribution in [0.15, 0.2) is 36.5 Å². The molecule has 0 spiro atoms. The van der Waals surface area contributed by atoms with Crippen LogP contribution in [0.4, 0.5) is 5.82 Å². The van der Waals surface area contributed by atoms with Gasteiger partial charge >= 0.3 is 0 Å². The normalized spacial score (nSPS) is 10.3. The summed E-state index contributed by atoms with van der Waals surface area (Å²) in [5.74, 6) is 0.353. The molecule has 0 unspecified atom stereocenters. The number of nitrogens with one attached hydrogen (secondary N) is 2. The zero-order valence-electron chi connectivity index (χ0n) is 10.3. The van der Waals surface area contributed by atoms with E-state index in [1.165, 1.54) is 6.08 Å². The number of H-pyrrole nitrogens is 1. The minimum Gasteiger partial charge on any atom is -0.307 e. The first-order valence-corrected chi connectivity index (χ1v) is 5.68. The average molecular weight is 252 g/mol. The zero-order valence-corrected chi connectivity index (χ0v) is 10.3. The van der Waals surface area contributed by atoms with Crippen molar-refractivity contribution in [2.45, 2.75) is 6.92 Å². The number of nitrogens with zero attached hydrogens (tertiary/aromatic N) is 2. The molecule has 0 fully saturated rings. The van der Waals surface area contributed by atoms with Crippen LogP contribution in [0.5, 0.6) is 0 Å². The number of carbonyl (C=O) groups is 1. The first kappa shape index (κ1) is 12.6. The molecule has 5 nitrogen and oxygen atoms in total. The van der Waals surface area contributed by atoms with Crippen molar-refractivity contribution >= 4 is 17.8 Å². The number of amides is 1. The van der Waals surface area contributed by atoms with Crippen molar-refractivity contribution in [3.05, 3.63) is 53.2 Å². The fraction of sp³-hybridized carbons (Fsp3) is 0.0714. The minimum absolute atomic E-state index is 0.239. The summed E-state index contributed by atoms with van der Waals surface area (Å²) in [4.78, 5) is 11.7. The van der Waals surface area contributed by atoms with Gasteiger partial charge in [-0.1, -0.05) is 12.1 Å². The summed E-state index contributed by atoms with van der Waals surface area (Å²) in [6.07, 6.45) is 4.75. The predicted molar refractivity (Wildman–Crippen MR) is 72.1 cm³/mol. The van der Waals surface area contributed by atoms with Crippen LogP contribution in [0.25, 0.3) is 6.08 Å². The van der Waals surface area contributed by atoms with Gasteiger partial charge in [0.1, 0.15) is 5.82 Å². The van der Waals surface area contributed by atoms with Crippen molar-refractivity contribution in [3.63, 3.8) is 0 Å². The molecule has 0 aliphatic carbocycles. The second kappa shape index (κ2) is 5.65. The van der Waals surface area contributed by atoms with Crippen LogP contribution in [-0.4, -0.2) is 16.1 Å². The summed E-state index contributed by atoms with van der Waals surface area (Å²) >= 11 is 0. The molecular formula is C14H12N4O.